The molecule has 0 aliphatic heterocycles. The normalized spacial score (nSPS) is 22.4. The molecule has 1 aliphatic carbocycles. The van der Waals surface area contributed by atoms with Crippen molar-refractivity contribution in [2.24, 2.45) is 5.92 Å². The highest BCUT2D eigenvalue weighted by molar-refractivity contribution is 7.99. The van der Waals surface area contributed by atoms with Gasteiger partial charge in [0.15, 0.2) is 5.16 Å². The molecule has 1 amide bonds. The van der Waals surface area contributed by atoms with Gasteiger partial charge in [-0.05, 0) is 24.8 Å². The van der Waals surface area contributed by atoms with Gasteiger partial charge in [-0.15, -0.1) is 0 Å². The summed E-state index contributed by atoms with van der Waals surface area (Å²) in [6.45, 7) is 2.10. The number of aromatic nitrogens is 2. The summed E-state index contributed by atoms with van der Waals surface area (Å²) in [6.07, 6.45) is 0.878. The van der Waals surface area contributed by atoms with Crippen molar-refractivity contribution in [3.63, 3.8) is 0 Å². The molecule has 8 heteroatoms. The summed E-state index contributed by atoms with van der Waals surface area (Å²) in [5.41, 5.74) is -0.994. The fourth-order valence-corrected chi connectivity index (χ4v) is 3.12. The fraction of sp³-hybridized carbons (Fsp3) is 0.643. The van der Waals surface area contributed by atoms with Crippen molar-refractivity contribution in [2.75, 3.05) is 5.75 Å². The molecule has 22 heavy (non-hydrogen) atoms. The lowest BCUT2D eigenvalue weighted by molar-refractivity contribution is -0.141. The van der Waals surface area contributed by atoms with Crippen LogP contribution in [0.3, 0.4) is 0 Å². The Labute approximate surface area is 131 Å². The van der Waals surface area contributed by atoms with E-state index >= 15 is 0 Å². The van der Waals surface area contributed by atoms with E-state index in [-0.39, 0.29) is 22.9 Å². The minimum atomic E-state index is -4.50. The number of hydrogen-bond donors (Lipinski definition) is 1. The zero-order valence-corrected chi connectivity index (χ0v) is 13.0. The third kappa shape index (κ3) is 4.86. The van der Waals surface area contributed by atoms with Gasteiger partial charge < -0.3 is 5.32 Å². The standard InChI is InChI=1S/C14H18F3N3OS/c1-9-4-2-3-5-10(9)19-12(21)8-22-13-18-7-6-11(20-13)14(15,16)17/h6-7,9-10H,2-5,8H2,1H3,(H,19,21). The number of nitrogens with one attached hydrogen (secondary N) is 1. The second-order valence-corrected chi connectivity index (χ2v) is 6.39. The van der Waals surface area contributed by atoms with Gasteiger partial charge in [0.25, 0.3) is 0 Å². The predicted octanol–water partition coefficient (Wildman–Crippen LogP) is 3.28. The van der Waals surface area contributed by atoms with E-state index in [1.807, 2.05) is 0 Å². The number of halogens is 3. The molecule has 2 unspecified atom stereocenters. The molecule has 4 nitrogen and oxygen atoms in total. The topological polar surface area (TPSA) is 54.9 Å². The SMILES string of the molecule is CC1CCCCC1NC(=O)CSc1nccc(C(F)(F)F)n1. The van der Waals surface area contributed by atoms with E-state index in [0.29, 0.717) is 5.92 Å². The number of carbonyl (C=O) groups excluding carboxylic acids is 1. The molecule has 0 radical (unpaired) electrons. The smallest absolute Gasteiger partial charge is 0.352 e. The van der Waals surface area contributed by atoms with Crippen LogP contribution in [0.4, 0.5) is 13.2 Å². The Morgan fingerprint density at radius 1 is 1.41 bits per heavy atom. The van der Waals surface area contributed by atoms with Crippen LogP contribution >= 0.6 is 11.8 Å². The van der Waals surface area contributed by atoms with Crippen LogP contribution in [0.15, 0.2) is 17.4 Å². The van der Waals surface area contributed by atoms with Gasteiger partial charge in [-0.2, -0.15) is 13.2 Å². The predicted molar refractivity (Wildman–Crippen MR) is 77.3 cm³/mol. The second kappa shape index (κ2) is 7.30. The van der Waals surface area contributed by atoms with E-state index in [1.54, 1.807) is 0 Å². The molecule has 0 bridgehead atoms. The highest BCUT2D eigenvalue weighted by atomic mass is 32.2. The van der Waals surface area contributed by atoms with Gasteiger partial charge in [0.05, 0.1) is 5.75 Å². The molecule has 1 saturated carbocycles. The van der Waals surface area contributed by atoms with E-state index in [9.17, 15) is 18.0 Å². The summed E-state index contributed by atoms with van der Waals surface area (Å²) in [5, 5.41) is 2.91. The van der Waals surface area contributed by atoms with Crippen LogP contribution in [0.2, 0.25) is 0 Å². The Morgan fingerprint density at radius 2 is 2.14 bits per heavy atom. The van der Waals surface area contributed by atoms with Crippen LogP contribution in [0.5, 0.6) is 0 Å². The monoisotopic (exact) mass is 333 g/mol. The Bertz CT molecular complexity index is 524. The van der Waals surface area contributed by atoms with Crippen LogP contribution < -0.4 is 5.32 Å². The molecular formula is C14H18F3N3OS. The maximum atomic E-state index is 12.5. The molecule has 1 aliphatic rings. The van der Waals surface area contributed by atoms with Gasteiger partial charge in [-0.1, -0.05) is 31.5 Å². The van der Waals surface area contributed by atoms with Crippen molar-refractivity contribution in [2.45, 2.75) is 50.0 Å². The van der Waals surface area contributed by atoms with Crippen LogP contribution in [-0.2, 0) is 11.0 Å². The van der Waals surface area contributed by atoms with Gasteiger partial charge in [0.1, 0.15) is 5.69 Å². The Morgan fingerprint density at radius 3 is 2.82 bits per heavy atom. The van der Waals surface area contributed by atoms with Crippen molar-refractivity contribution < 1.29 is 18.0 Å². The Kier molecular flexibility index (Phi) is 5.66. The average Bonchev–Trinajstić information content (AvgIpc) is 2.47. The van der Waals surface area contributed by atoms with Crippen molar-refractivity contribution in [1.29, 1.82) is 0 Å². The maximum Gasteiger partial charge on any atom is 0.433 e. The molecule has 2 rings (SSSR count). The van der Waals surface area contributed by atoms with E-state index in [4.69, 9.17) is 0 Å². The maximum absolute atomic E-state index is 12.5. The van der Waals surface area contributed by atoms with Crippen molar-refractivity contribution in [3.8, 4) is 0 Å². The summed E-state index contributed by atoms with van der Waals surface area (Å²) in [7, 11) is 0. The fourth-order valence-electron chi connectivity index (χ4n) is 2.48. The minimum absolute atomic E-state index is 0.0184. The largest absolute Gasteiger partial charge is 0.433 e. The summed E-state index contributed by atoms with van der Waals surface area (Å²) in [6, 6.07) is 0.970. The first kappa shape index (κ1) is 17.1. The van der Waals surface area contributed by atoms with Gasteiger partial charge >= 0.3 is 6.18 Å². The number of carbonyl (C=O) groups is 1. The summed E-state index contributed by atoms with van der Waals surface area (Å²) >= 11 is 0.914. The first-order valence-electron chi connectivity index (χ1n) is 7.18. The summed E-state index contributed by atoms with van der Waals surface area (Å²) in [4.78, 5) is 19.1. The van der Waals surface area contributed by atoms with Crippen LogP contribution in [0.1, 0.15) is 38.3 Å². The molecular weight excluding hydrogens is 315 g/mol. The van der Waals surface area contributed by atoms with Crippen LogP contribution in [0, 0.1) is 5.92 Å². The van der Waals surface area contributed by atoms with Crippen LogP contribution in [0.25, 0.3) is 0 Å². The number of thioether (sulfide) groups is 1. The number of rotatable bonds is 4. The van der Waals surface area contributed by atoms with Crippen molar-refractivity contribution >= 4 is 17.7 Å². The van der Waals surface area contributed by atoms with E-state index < -0.39 is 11.9 Å². The molecule has 0 spiro atoms. The summed E-state index contributed by atoms with van der Waals surface area (Å²) < 4.78 is 37.6. The number of nitrogens with zero attached hydrogens (tertiary/aromatic N) is 2. The molecule has 1 heterocycles. The summed E-state index contributed by atoms with van der Waals surface area (Å²) in [5.74, 6) is 0.266. The Balaban J connectivity index is 1.86. The lowest BCUT2D eigenvalue weighted by atomic mass is 9.86. The first-order chi connectivity index (χ1) is 10.4. The number of alkyl halides is 3. The number of amides is 1. The van der Waals surface area contributed by atoms with Crippen LogP contribution in [-0.4, -0.2) is 27.7 Å². The van der Waals surface area contributed by atoms with Gasteiger partial charge in [0.2, 0.25) is 5.91 Å². The highest BCUT2D eigenvalue weighted by Gasteiger charge is 2.32. The zero-order valence-electron chi connectivity index (χ0n) is 12.2. The second-order valence-electron chi connectivity index (χ2n) is 5.45. The zero-order chi connectivity index (χ0) is 16.2. The van der Waals surface area contributed by atoms with Gasteiger partial charge in [0, 0.05) is 12.2 Å². The average molecular weight is 333 g/mol. The minimum Gasteiger partial charge on any atom is -0.352 e. The molecule has 0 saturated heterocycles. The first-order valence-corrected chi connectivity index (χ1v) is 8.17. The molecule has 1 N–H and O–H groups in total. The van der Waals surface area contributed by atoms with E-state index in [0.717, 1.165) is 43.3 Å². The molecule has 1 fully saturated rings. The highest BCUT2D eigenvalue weighted by Crippen LogP contribution is 2.28. The Hall–Kier alpha value is -1.31. The third-order valence-corrected chi connectivity index (χ3v) is 4.58. The van der Waals surface area contributed by atoms with E-state index in [1.165, 1.54) is 6.42 Å². The quantitative estimate of drug-likeness (QED) is 0.679. The molecule has 122 valence electrons. The molecule has 1 aromatic heterocycles. The number of hydrogen-bond acceptors (Lipinski definition) is 4. The third-order valence-electron chi connectivity index (χ3n) is 3.71. The lowest BCUT2D eigenvalue weighted by Crippen LogP contribution is -2.41. The van der Waals surface area contributed by atoms with Crippen molar-refractivity contribution in [1.82, 2.24) is 15.3 Å². The molecule has 2 atom stereocenters. The van der Waals surface area contributed by atoms with Gasteiger partial charge in [-0.3, -0.25) is 4.79 Å². The lowest BCUT2D eigenvalue weighted by Gasteiger charge is -2.29. The molecule has 0 aromatic carbocycles. The molecule has 1 aromatic rings. The van der Waals surface area contributed by atoms with E-state index in [2.05, 4.69) is 22.2 Å². The van der Waals surface area contributed by atoms with Gasteiger partial charge in [-0.25, -0.2) is 9.97 Å². The van der Waals surface area contributed by atoms with Crippen molar-refractivity contribution in [3.05, 3.63) is 18.0 Å².